The van der Waals surface area contributed by atoms with Gasteiger partial charge in [0.25, 0.3) is 0 Å². The van der Waals surface area contributed by atoms with Crippen molar-refractivity contribution in [1.29, 1.82) is 0 Å². The molecule has 2 aromatic carbocycles. The van der Waals surface area contributed by atoms with E-state index in [-0.39, 0.29) is 12.2 Å². The van der Waals surface area contributed by atoms with Crippen LogP contribution in [0, 0.1) is 5.82 Å². The first-order valence-electron chi connectivity index (χ1n) is 9.23. The van der Waals surface area contributed by atoms with Gasteiger partial charge in [-0.15, -0.1) is 0 Å². The van der Waals surface area contributed by atoms with E-state index in [9.17, 15) is 19.1 Å². The Balaban J connectivity index is 1.52. The lowest BCUT2D eigenvalue weighted by Crippen LogP contribution is -2.37. The zero-order valence-corrected chi connectivity index (χ0v) is 15.3. The molecule has 150 valence electrons. The van der Waals surface area contributed by atoms with Crippen molar-refractivity contribution in [2.24, 2.45) is 0 Å². The summed E-state index contributed by atoms with van der Waals surface area (Å²) in [7, 11) is 0. The molecule has 2 heterocycles. The van der Waals surface area contributed by atoms with Crippen LogP contribution in [0.15, 0.2) is 60.7 Å². The fourth-order valence-corrected chi connectivity index (χ4v) is 3.56. The highest BCUT2D eigenvalue weighted by Crippen LogP contribution is 2.38. The molecule has 29 heavy (non-hydrogen) atoms. The van der Waals surface area contributed by atoms with Gasteiger partial charge in [-0.05, 0) is 29.3 Å². The molecular weight excluding hydrogens is 379 g/mol. The van der Waals surface area contributed by atoms with Crippen LogP contribution in [0.4, 0.5) is 4.39 Å². The van der Waals surface area contributed by atoms with E-state index in [4.69, 9.17) is 14.2 Å². The predicted octanol–water partition coefficient (Wildman–Crippen LogP) is 2.57. The van der Waals surface area contributed by atoms with Crippen molar-refractivity contribution in [1.82, 2.24) is 0 Å². The summed E-state index contributed by atoms with van der Waals surface area (Å²) in [5, 5.41) is 10.6. The normalized spacial score (nSPS) is 26.9. The van der Waals surface area contributed by atoms with Gasteiger partial charge >= 0.3 is 11.9 Å². The number of aliphatic hydroxyl groups is 1. The molecule has 4 rings (SSSR count). The summed E-state index contributed by atoms with van der Waals surface area (Å²) in [6.45, 7) is 0. The summed E-state index contributed by atoms with van der Waals surface area (Å²) in [5.41, 5.74) is 1.28. The van der Waals surface area contributed by atoms with Crippen molar-refractivity contribution in [2.45, 2.75) is 36.9 Å². The fraction of sp³-hybridized carbons (Fsp3) is 0.273. The van der Waals surface area contributed by atoms with Gasteiger partial charge in [-0.1, -0.05) is 42.5 Å². The van der Waals surface area contributed by atoms with Gasteiger partial charge in [0.15, 0.2) is 12.2 Å². The number of hydrogen-bond acceptors (Lipinski definition) is 6. The third-order valence-corrected chi connectivity index (χ3v) is 4.96. The maximum Gasteiger partial charge on any atom is 0.331 e. The van der Waals surface area contributed by atoms with E-state index in [2.05, 4.69) is 0 Å². The molecule has 2 saturated heterocycles. The average Bonchev–Trinajstić information content (AvgIpc) is 3.23. The number of hydrogen-bond donors (Lipinski definition) is 1. The monoisotopic (exact) mass is 398 g/mol. The van der Waals surface area contributed by atoms with Crippen molar-refractivity contribution in [2.75, 3.05) is 0 Å². The minimum atomic E-state index is -1.12. The Morgan fingerprint density at radius 3 is 2.59 bits per heavy atom. The lowest BCUT2D eigenvalue weighted by Gasteiger charge is -2.26. The van der Waals surface area contributed by atoms with Gasteiger partial charge in [0.2, 0.25) is 0 Å². The third kappa shape index (κ3) is 4.21. The number of aliphatic hydroxyl groups excluding tert-OH is 1. The van der Waals surface area contributed by atoms with Crippen LogP contribution in [0.3, 0.4) is 0 Å². The van der Waals surface area contributed by atoms with E-state index in [1.54, 1.807) is 24.3 Å². The summed E-state index contributed by atoms with van der Waals surface area (Å²) < 4.78 is 29.6. The van der Waals surface area contributed by atoms with Gasteiger partial charge < -0.3 is 19.3 Å². The Labute approximate surface area is 166 Å². The van der Waals surface area contributed by atoms with Crippen LogP contribution in [0.25, 0.3) is 6.08 Å². The first-order chi connectivity index (χ1) is 14.0. The van der Waals surface area contributed by atoms with Crippen LogP contribution in [-0.2, 0) is 23.8 Å². The molecule has 1 N–H and O–H groups in total. The number of ether oxygens (including phenoxy) is 3. The van der Waals surface area contributed by atoms with Crippen molar-refractivity contribution >= 4 is 18.0 Å². The van der Waals surface area contributed by atoms with Gasteiger partial charge in [-0.25, -0.2) is 9.18 Å². The molecule has 0 radical (unpaired) electrons. The summed E-state index contributed by atoms with van der Waals surface area (Å²) in [4.78, 5) is 23.9. The van der Waals surface area contributed by atoms with E-state index in [0.717, 1.165) is 0 Å². The Hall–Kier alpha value is -3.03. The van der Waals surface area contributed by atoms with Crippen molar-refractivity contribution in [3.8, 4) is 0 Å². The first kappa shape index (κ1) is 19.3. The van der Waals surface area contributed by atoms with E-state index in [1.807, 2.05) is 6.07 Å². The minimum absolute atomic E-state index is 0.0537. The molecule has 0 unspecified atom stereocenters. The molecule has 6 nitrogen and oxygen atoms in total. The molecule has 0 amide bonds. The fourth-order valence-electron chi connectivity index (χ4n) is 3.56. The molecule has 0 spiro atoms. The molecule has 0 bridgehead atoms. The second-order valence-electron chi connectivity index (χ2n) is 6.94. The average molecular weight is 398 g/mol. The van der Waals surface area contributed by atoms with Crippen LogP contribution in [0.1, 0.15) is 23.7 Å². The van der Waals surface area contributed by atoms with Gasteiger partial charge in [0.05, 0.1) is 6.42 Å². The zero-order chi connectivity index (χ0) is 20.4. The Kier molecular flexibility index (Phi) is 5.42. The standard InChI is InChI=1S/C22H19FO6/c23-15-9-6-13(7-10-15)8-11-17(24)28-20(14-4-2-1-3-5-14)22-19(26)21-16(27-22)12-18(25)29-21/h1-11,16,19-22,26H,12H2/b11-8+/t16-,19-,20-,21+,22+/m1/s1. The van der Waals surface area contributed by atoms with Gasteiger partial charge in [0.1, 0.15) is 24.1 Å². The van der Waals surface area contributed by atoms with Gasteiger partial charge in [0, 0.05) is 6.08 Å². The van der Waals surface area contributed by atoms with Crippen LogP contribution in [0.5, 0.6) is 0 Å². The second-order valence-corrected chi connectivity index (χ2v) is 6.94. The number of carbonyl (C=O) groups excluding carboxylic acids is 2. The topological polar surface area (TPSA) is 82.1 Å². The van der Waals surface area contributed by atoms with Crippen LogP contribution in [-0.4, -0.2) is 41.5 Å². The van der Waals surface area contributed by atoms with Crippen molar-refractivity contribution < 1.29 is 33.3 Å². The molecule has 7 heteroatoms. The number of benzene rings is 2. The van der Waals surface area contributed by atoms with Crippen molar-refractivity contribution in [3.63, 3.8) is 0 Å². The summed E-state index contributed by atoms with van der Waals surface area (Å²) in [6.07, 6.45) is -1.43. The smallest absolute Gasteiger partial charge is 0.331 e. The highest BCUT2D eigenvalue weighted by molar-refractivity contribution is 5.87. The Bertz CT molecular complexity index is 911. The maximum absolute atomic E-state index is 13.0. The second kappa shape index (κ2) is 8.14. The van der Waals surface area contributed by atoms with Crippen LogP contribution in [0.2, 0.25) is 0 Å². The van der Waals surface area contributed by atoms with E-state index in [0.29, 0.717) is 11.1 Å². The highest BCUT2D eigenvalue weighted by Gasteiger charge is 2.54. The molecule has 2 aliphatic rings. The zero-order valence-electron chi connectivity index (χ0n) is 15.3. The van der Waals surface area contributed by atoms with Gasteiger partial charge in [-0.2, -0.15) is 0 Å². The first-order valence-corrected chi connectivity index (χ1v) is 9.23. The van der Waals surface area contributed by atoms with Crippen molar-refractivity contribution in [3.05, 3.63) is 77.6 Å². The number of fused-ring (bicyclic) bond motifs is 1. The van der Waals surface area contributed by atoms with E-state index < -0.39 is 42.5 Å². The number of halogens is 1. The summed E-state index contributed by atoms with van der Waals surface area (Å²) >= 11 is 0. The molecule has 0 aliphatic carbocycles. The molecule has 2 aromatic rings. The molecule has 2 fully saturated rings. The largest absolute Gasteiger partial charge is 0.457 e. The molecule has 2 aliphatic heterocycles. The summed E-state index contributed by atoms with van der Waals surface area (Å²) in [5.74, 6) is -1.44. The number of rotatable bonds is 5. The maximum atomic E-state index is 13.0. The molecule has 5 atom stereocenters. The third-order valence-electron chi connectivity index (χ3n) is 4.96. The molecule has 0 aromatic heterocycles. The van der Waals surface area contributed by atoms with Crippen LogP contribution < -0.4 is 0 Å². The number of carbonyl (C=O) groups is 2. The van der Waals surface area contributed by atoms with E-state index >= 15 is 0 Å². The Morgan fingerprint density at radius 1 is 1.17 bits per heavy atom. The number of esters is 2. The summed E-state index contributed by atoms with van der Waals surface area (Å²) in [6, 6.07) is 14.6. The Morgan fingerprint density at radius 2 is 1.90 bits per heavy atom. The quantitative estimate of drug-likeness (QED) is 0.616. The lowest BCUT2D eigenvalue weighted by atomic mass is 9.98. The minimum Gasteiger partial charge on any atom is -0.457 e. The molecular formula is C22H19FO6. The highest BCUT2D eigenvalue weighted by atomic mass is 19.1. The van der Waals surface area contributed by atoms with Gasteiger partial charge in [-0.3, -0.25) is 4.79 Å². The van der Waals surface area contributed by atoms with Crippen LogP contribution >= 0.6 is 0 Å². The predicted molar refractivity (Wildman–Crippen MR) is 99.9 cm³/mol. The molecule has 0 saturated carbocycles. The SMILES string of the molecule is O=C(/C=C/c1ccc(F)cc1)O[C@H](c1ccccc1)[C@H]1O[C@@H]2CC(=O)O[C@@H]2[C@H]1O. The lowest BCUT2D eigenvalue weighted by molar-refractivity contribution is -0.159. The van der Waals surface area contributed by atoms with E-state index in [1.165, 1.54) is 36.4 Å².